The van der Waals surface area contributed by atoms with E-state index < -0.39 is 0 Å². The molecule has 13 heavy (non-hydrogen) atoms. The Hall–Kier alpha value is -0.800. The van der Waals surface area contributed by atoms with E-state index in [9.17, 15) is 0 Å². The summed E-state index contributed by atoms with van der Waals surface area (Å²) in [6, 6.07) is 0. The molecular formula is C9H13ClN2O. The molecule has 0 unspecified atom stereocenters. The van der Waals surface area contributed by atoms with Crippen molar-refractivity contribution in [2.75, 3.05) is 6.54 Å². The third kappa shape index (κ3) is 3.61. The highest BCUT2D eigenvalue weighted by Gasteiger charge is 2.01. The van der Waals surface area contributed by atoms with Gasteiger partial charge >= 0.3 is 0 Å². The summed E-state index contributed by atoms with van der Waals surface area (Å²) in [5, 5.41) is 4.43. The fourth-order valence-electron chi connectivity index (χ4n) is 0.856. The molecule has 1 aliphatic rings. The van der Waals surface area contributed by atoms with Crippen LogP contribution in [0.1, 0.15) is 13.8 Å². The molecule has 0 fully saturated rings. The molecule has 0 saturated carbocycles. The molecule has 0 aromatic heterocycles. The first-order chi connectivity index (χ1) is 6.20. The summed E-state index contributed by atoms with van der Waals surface area (Å²) in [5.74, 6) is 0.408. The van der Waals surface area contributed by atoms with Crippen LogP contribution in [0.15, 0.2) is 27.9 Å². The summed E-state index contributed by atoms with van der Waals surface area (Å²) in [7, 11) is 0. The standard InChI is InChI=1S/C9H13ClN2O/c1-7(2)8-3-4-9(10)6-12-13-11-5-8/h3-5,7,12H,6H2,1-2H3/b8-3+,9-4+,11-5+. The fraction of sp³-hybridized carbons (Fsp3) is 0.444. The van der Waals surface area contributed by atoms with Crippen molar-refractivity contribution in [1.29, 1.82) is 0 Å². The Morgan fingerprint density at radius 1 is 1.54 bits per heavy atom. The van der Waals surface area contributed by atoms with Crippen LogP contribution in [0.25, 0.3) is 0 Å². The van der Waals surface area contributed by atoms with Crippen LogP contribution in [0.4, 0.5) is 0 Å². The quantitative estimate of drug-likeness (QED) is 0.704. The molecule has 0 atom stereocenters. The number of nitrogens with zero attached hydrogens (tertiary/aromatic N) is 1. The predicted molar refractivity (Wildman–Crippen MR) is 54.4 cm³/mol. The molecule has 0 spiro atoms. The van der Waals surface area contributed by atoms with Crippen molar-refractivity contribution in [3.05, 3.63) is 22.8 Å². The smallest absolute Gasteiger partial charge is 0.0722 e. The van der Waals surface area contributed by atoms with Gasteiger partial charge in [0.1, 0.15) is 0 Å². The number of rotatable bonds is 1. The van der Waals surface area contributed by atoms with Gasteiger partial charge in [0.05, 0.1) is 12.8 Å². The van der Waals surface area contributed by atoms with E-state index in [1.807, 2.05) is 12.2 Å². The second kappa shape index (κ2) is 5.04. The van der Waals surface area contributed by atoms with E-state index >= 15 is 0 Å². The van der Waals surface area contributed by atoms with Crippen molar-refractivity contribution >= 4 is 17.8 Å². The molecule has 0 aliphatic carbocycles. The SMILES string of the molecule is CC(C)C1=C/C=C(/Cl)CNO\N=C\1. The monoisotopic (exact) mass is 200 g/mol. The number of halogens is 1. The lowest BCUT2D eigenvalue weighted by molar-refractivity contribution is 0.0551. The molecule has 0 aromatic rings. The zero-order valence-corrected chi connectivity index (χ0v) is 8.51. The van der Waals surface area contributed by atoms with Gasteiger partial charge in [0.2, 0.25) is 0 Å². The van der Waals surface area contributed by atoms with Gasteiger partial charge in [-0.3, -0.25) is 4.94 Å². The molecule has 1 heterocycles. The summed E-state index contributed by atoms with van der Waals surface area (Å²) in [6.07, 6.45) is 5.49. The zero-order chi connectivity index (χ0) is 9.68. The lowest BCUT2D eigenvalue weighted by atomic mass is 10.0. The molecule has 0 amide bonds. The van der Waals surface area contributed by atoms with E-state index in [0.29, 0.717) is 17.5 Å². The first kappa shape index (κ1) is 10.3. The van der Waals surface area contributed by atoms with Gasteiger partial charge in [0.15, 0.2) is 0 Å². The molecule has 3 nitrogen and oxygen atoms in total. The fourth-order valence-corrected chi connectivity index (χ4v) is 0.973. The van der Waals surface area contributed by atoms with E-state index in [2.05, 4.69) is 24.5 Å². The largest absolute Gasteiger partial charge is 0.299 e. The Morgan fingerprint density at radius 2 is 2.31 bits per heavy atom. The van der Waals surface area contributed by atoms with Crippen LogP contribution in [-0.2, 0) is 4.94 Å². The normalized spacial score (nSPS) is 28.6. The Kier molecular flexibility index (Phi) is 3.99. The van der Waals surface area contributed by atoms with Crippen molar-refractivity contribution in [2.24, 2.45) is 11.1 Å². The summed E-state index contributed by atoms with van der Waals surface area (Å²) < 4.78 is 0. The second-order valence-electron chi connectivity index (χ2n) is 3.08. The molecule has 0 saturated heterocycles. The van der Waals surface area contributed by atoms with Gasteiger partial charge in [-0.25, -0.2) is 0 Å². The summed E-state index contributed by atoms with van der Waals surface area (Å²) in [6.45, 7) is 4.65. The number of oxime groups is 1. The topological polar surface area (TPSA) is 33.6 Å². The van der Waals surface area contributed by atoms with Crippen molar-refractivity contribution in [2.45, 2.75) is 13.8 Å². The van der Waals surface area contributed by atoms with E-state index in [1.54, 1.807) is 6.21 Å². The highest BCUT2D eigenvalue weighted by atomic mass is 35.5. The Bertz CT molecular complexity index is 256. The number of hydrogen-bond acceptors (Lipinski definition) is 3. The summed E-state index contributed by atoms with van der Waals surface area (Å²) in [5.41, 5.74) is 3.69. The molecule has 0 aromatic carbocycles. The molecule has 72 valence electrons. The van der Waals surface area contributed by atoms with Crippen LogP contribution in [0, 0.1) is 5.92 Å². The maximum atomic E-state index is 5.85. The highest BCUT2D eigenvalue weighted by molar-refractivity contribution is 6.30. The number of nitrogens with one attached hydrogen (secondary N) is 1. The van der Waals surface area contributed by atoms with Gasteiger partial charge in [-0.05, 0) is 17.6 Å². The van der Waals surface area contributed by atoms with Crippen molar-refractivity contribution < 1.29 is 4.94 Å². The minimum atomic E-state index is 0.408. The average molecular weight is 201 g/mol. The van der Waals surface area contributed by atoms with E-state index in [1.165, 1.54) is 0 Å². The van der Waals surface area contributed by atoms with Crippen molar-refractivity contribution in [3.8, 4) is 0 Å². The zero-order valence-electron chi connectivity index (χ0n) is 7.75. The minimum absolute atomic E-state index is 0.408. The molecule has 1 rings (SSSR count). The van der Waals surface area contributed by atoms with Gasteiger partial charge in [-0.1, -0.05) is 36.7 Å². The molecule has 1 aliphatic heterocycles. The van der Waals surface area contributed by atoms with E-state index in [-0.39, 0.29) is 0 Å². The summed E-state index contributed by atoms with van der Waals surface area (Å²) >= 11 is 5.85. The van der Waals surface area contributed by atoms with E-state index in [0.717, 1.165) is 5.57 Å². The van der Waals surface area contributed by atoms with Crippen LogP contribution in [-0.4, -0.2) is 12.8 Å². The van der Waals surface area contributed by atoms with Gasteiger partial charge in [0, 0.05) is 5.03 Å². The average Bonchev–Trinajstić information content (AvgIpc) is 2.17. The van der Waals surface area contributed by atoms with Gasteiger partial charge in [-0.15, -0.1) is 5.48 Å². The van der Waals surface area contributed by atoms with Crippen LogP contribution in [0.3, 0.4) is 0 Å². The molecule has 4 heteroatoms. The summed E-state index contributed by atoms with van der Waals surface area (Å²) in [4.78, 5) is 4.76. The Balaban J connectivity index is 2.82. The van der Waals surface area contributed by atoms with Gasteiger partial charge in [0.25, 0.3) is 0 Å². The number of hydroxylamine groups is 1. The first-order valence-electron chi connectivity index (χ1n) is 4.18. The first-order valence-corrected chi connectivity index (χ1v) is 4.56. The minimum Gasteiger partial charge on any atom is -0.299 e. The number of hydrogen-bond donors (Lipinski definition) is 1. The third-order valence-electron chi connectivity index (χ3n) is 1.68. The molecular weight excluding hydrogens is 188 g/mol. The second-order valence-corrected chi connectivity index (χ2v) is 3.57. The lowest BCUT2D eigenvalue weighted by Crippen LogP contribution is -2.12. The van der Waals surface area contributed by atoms with Gasteiger partial charge < -0.3 is 0 Å². The van der Waals surface area contributed by atoms with Crippen LogP contribution in [0.2, 0.25) is 0 Å². The maximum absolute atomic E-state index is 5.85. The van der Waals surface area contributed by atoms with E-state index in [4.69, 9.17) is 16.5 Å². The Labute approximate surface area is 83.0 Å². The lowest BCUT2D eigenvalue weighted by Gasteiger charge is -2.02. The van der Waals surface area contributed by atoms with Crippen LogP contribution < -0.4 is 5.48 Å². The molecule has 0 bridgehead atoms. The molecule has 1 N–H and O–H groups in total. The third-order valence-corrected chi connectivity index (χ3v) is 1.94. The Morgan fingerprint density at radius 3 is 3.00 bits per heavy atom. The van der Waals surface area contributed by atoms with Crippen LogP contribution >= 0.6 is 11.6 Å². The maximum Gasteiger partial charge on any atom is 0.0722 e. The van der Waals surface area contributed by atoms with Crippen LogP contribution in [0.5, 0.6) is 0 Å². The predicted octanol–water partition coefficient (Wildman–Crippen LogP) is 2.21. The highest BCUT2D eigenvalue weighted by Crippen LogP contribution is 2.10. The van der Waals surface area contributed by atoms with Crippen molar-refractivity contribution in [3.63, 3.8) is 0 Å². The number of allylic oxidation sites excluding steroid dienone is 3. The molecule has 0 radical (unpaired) electrons. The van der Waals surface area contributed by atoms with Crippen molar-refractivity contribution in [1.82, 2.24) is 5.48 Å². The van der Waals surface area contributed by atoms with Gasteiger partial charge in [-0.2, -0.15) is 0 Å².